The number of ether oxygens (including phenoxy) is 1. The van der Waals surface area contributed by atoms with Gasteiger partial charge < -0.3 is 14.8 Å². The first kappa shape index (κ1) is 15.6. The van der Waals surface area contributed by atoms with Crippen LogP contribution in [0.2, 0.25) is 5.02 Å². The van der Waals surface area contributed by atoms with E-state index in [1.165, 1.54) is 0 Å². The van der Waals surface area contributed by atoms with Crippen molar-refractivity contribution in [3.8, 4) is 11.5 Å². The van der Waals surface area contributed by atoms with Crippen molar-refractivity contribution in [3.63, 3.8) is 0 Å². The highest BCUT2D eigenvalue weighted by Crippen LogP contribution is 2.35. The SMILES string of the molecule is CCOc1cc(Cc2c(C)[nH]c(=S)[nH]c2=O)cc(Cl)c1O. The third kappa shape index (κ3) is 3.46. The molecule has 1 heterocycles. The van der Waals surface area contributed by atoms with E-state index in [-0.39, 0.29) is 16.3 Å². The molecular formula is C14H15ClN2O3S. The number of halogens is 1. The smallest absolute Gasteiger partial charge is 0.255 e. The molecule has 0 radical (unpaired) electrons. The van der Waals surface area contributed by atoms with E-state index in [1.54, 1.807) is 19.1 Å². The van der Waals surface area contributed by atoms with Crippen molar-refractivity contribution in [2.24, 2.45) is 0 Å². The Balaban J connectivity index is 2.45. The normalized spacial score (nSPS) is 10.6. The summed E-state index contributed by atoms with van der Waals surface area (Å²) in [6.07, 6.45) is 0.355. The predicted octanol–water partition coefficient (Wildman–Crippen LogP) is 3.09. The molecule has 0 saturated heterocycles. The number of aromatic amines is 2. The fourth-order valence-corrected chi connectivity index (χ4v) is 2.52. The van der Waals surface area contributed by atoms with Crippen molar-refractivity contribution < 1.29 is 9.84 Å². The first-order valence-corrected chi connectivity index (χ1v) is 7.17. The van der Waals surface area contributed by atoms with Crippen molar-refractivity contribution in [1.29, 1.82) is 0 Å². The van der Waals surface area contributed by atoms with Crippen molar-refractivity contribution in [2.75, 3.05) is 6.61 Å². The van der Waals surface area contributed by atoms with Gasteiger partial charge >= 0.3 is 0 Å². The number of phenolic OH excluding ortho intramolecular Hbond substituents is 1. The Morgan fingerprint density at radius 2 is 2.10 bits per heavy atom. The van der Waals surface area contributed by atoms with Gasteiger partial charge in [0.1, 0.15) is 0 Å². The van der Waals surface area contributed by atoms with Crippen LogP contribution in [0.5, 0.6) is 11.5 Å². The molecule has 5 nitrogen and oxygen atoms in total. The monoisotopic (exact) mass is 326 g/mol. The summed E-state index contributed by atoms with van der Waals surface area (Å²) in [5.41, 5.74) is 1.79. The number of hydrogen-bond donors (Lipinski definition) is 3. The van der Waals surface area contributed by atoms with Gasteiger partial charge in [0.05, 0.1) is 11.6 Å². The molecule has 21 heavy (non-hydrogen) atoms. The second-order valence-corrected chi connectivity index (χ2v) is 5.36. The molecule has 0 aliphatic rings. The molecule has 0 spiro atoms. The lowest BCUT2D eigenvalue weighted by Gasteiger charge is -2.11. The second kappa shape index (κ2) is 6.32. The molecule has 1 aromatic carbocycles. The van der Waals surface area contributed by atoms with Crippen LogP contribution in [0.1, 0.15) is 23.7 Å². The first-order chi connectivity index (χ1) is 9.92. The van der Waals surface area contributed by atoms with Crippen LogP contribution in [-0.2, 0) is 6.42 Å². The van der Waals surface area contributed by atoms with Crippen LogP contribution >= 0.6 is 23.8 Å². The Bertz CT molecular complexity index is 783. The average Bonchev–Trinajstić information content (AvgIpc) is 2.39. The summed E-state index contributed by atoms with van der Waals surface area (Å²) in [5.74, 6) is 0.207. The first-order valence-electron chi connectivity index (χ1n) is 6.38. The largest absolute Gasteiger partial charge is 0.503 e. The second-order valence-electron chi connectivity index (χ2n) is 4.55. The summed E-state index contributed by atoms with van der Waals surface area (Å²) >= 11 is 10.9. The molecule has 112 valence electrons. The van der Waals surface area contributed by atoms with E-state index in [1.807, 2.05) is 6.92 Å². The van der Waals surface area contributed by atoms with Gasteiger partial charge in [-0.1, -0.05) is 11.6 Å². The zero-order valence-electron chi connectivity index (χ0n) is 11.6. The van der Waals surface area contributed by atoms with Crippen LogP contribution in [-0.4, -0.2) is 21.7 Å². The molecule has 0 amide bonds. The molecule has 0 unspecified atom stereocenters. The Hall–Kier alpha value is -1.79. The third-order valence-corrected chi connectivity index (χ3v) is 3.52. The van der Waals surface area contributed by atoms with Crippen molar-refractivity contribution in [3.05, 3.63) is 49.1 Å². The van der Waals surface area contributed by atoms with Gasteiger partial charge in [0, 0.05) is 17.7 Å². The van der Waals surface area contributed by atoms with Crippen LogP contribution in [0.25, 0.3) is 0 Å². The van der Waals surface area contributed by atoms with E-state index in [9.17, 15) is 9.90 Å². The molecule has 0 fully saturated rings. The zero-order valence-corrected chi connectivity index (χ0v) is 13.2. The standard InChI is InChI=1S/C14H15ClN2O3S/c1-3-20-11-6-8(5-10(15)12(11)18)4-9-7(2)16-14(21)17-13(9)19/h5-6,18H,3-4H2,1-2H3,(H2,16,17,19,21). The topological polar surface area (TPSA) is 78.1 Å². The Morgan fingerprint density at radius 3 is 2.71 bits per heavy atom. The molecule has 7 heteroatoms. The lowest BCUT2D eigenvalue weighted by molar-refractivity contribution is 0.318. The van der Waals surface area contributed by atoms with Crippen LogP contribution in [0.15, 0.2) is 16.9 Å². The van der Waals surface area contributed by atoms with E-state index in [0.29, 0.717) is 34.8 Å². The Morgan fingerprint density at radius 1 is 1.38 bits per heavy atom. The number of rotatable bonds is 4. The van der Waals surface area contributed by atoms with Crippen molar-refractivity contribution in [1.82, 2.24) is 9.97 Å². The number of aromatic hydroxyl groups is 1. The highest BCUT2D eigenvalue weighted by molar-refractivity contribution is 7.71. The number of H-pyrrole nitrogens is 2. The maximum atomic E-state index is 12.0. The minimum absolute atomic E-state index is 0.0969. The van der Waals surface area contributed by atoms with Gasteiger partial charge in [-0.25, -0.2) is 0 Å². The molecule has 3 N–H and O–H groups in total. The summed E-state index contributed by atoms with van der Waals surface area (Å²) < 4.78 is 5.62. The lowest BCUT2D eigenvalue weighted by atomic mass is 10.0. The van der Waals surface area contributed by atoms with E-state index in [2.05, 4.69) is 9.97 Å². The lowest BCUT2D eigenvalue weighted by Crippen LogP contribution is -2.16. The number of phenols is 1. The number of nitrogens with one attached hydrogen (secondary N) is 2. The van der Waals surface area contributed by atoms with Crippen molar-refractivity contribution >= 4 is 23.8 Å². The predicted molar refractivity (Wildman–Crippen MR) is 84.1 cm³/mol. The summed E-state index contributed by atoms with van der Waals surface area (Å²) in [7, 11) is 0. The number of benzene rings is 1. The van der Waals surface area contributed by atoms with Gasteiger partial charge in [-0.15, -0.1) is 0 Å². The fourth-order valence-electron chi connectivity index (χ4n) is 2.04. The number of aromatic nitrogens is 2. The fraction of sp³-hybridized carbons (Fsp3) is 0.286. The minimum atomic E-state index is -0.238. The molecule has 0 saturated carbocycles. The summed E-state index contributed by atoms with van der Waals surface area (Å²) in [6, 6.07) is 3.28. The van der Waals surface area contributed by atoms with Crippen LogP contribution < -0.4 is 10.3 Å². The van der Waals surface area contributed by atoms with Gasteiger partial charge in [-0.3, -0.25) is 9.78 Å². The summed E-state index contributed by atoms with van der Waals surface area (Å²) in [5, 5.41) is 10.0. The molecule has 1 aromatic heterocycles. The molecule has 0 atom stereocenters. The maximum absolute atomic E-state index is 12.0. The van der Waals surface area contributed by atoms with E-state index >= 15 is 0 Å². The number of aryl methyl sites for hydroxylation is 1. The van der Waals surface area contributed by atoms with Crippen LogP contribution in [0.4, 0.5) is 0 Å². The van der Waals surface area contributed by atoms with Crippen molar-refractivity contribution in [2.45, 2.75) is 20.3 Å². The van der Waals surface area contributed by atoms with Crippen LogP contribution in [0, 0.1) is 11.7 Å². The van der Waals surface area contributed by atoms with Gasteiger partial charge in [-0.05, 0) is 43.8 Å². The average molecular weight is 327 g/mol. The van der Waals surface area contributed by atoms with E-state index < -0.39 is 0 Å². The zero-order chi connectivity index (χ0) is 15.6. The number of hydrogen-bond acceptors (Lipinski definition) is 4. The van der Waals surface area contributed by atoms with E-state index in [4.69, 9.17) is 28.6 Å². The molecular weight excluding hydrogens is 312 g/mol. The molecule has 0 aliphatic heterocycles. The maximum Gasteiger partial charge on any atom is 0.255 e. The molecule has 2 aromatic rings. The third-order valence-electron chi connectivity index (χ3n) is 3.02. The quantitative estimate of drug-likeness (QED) is 0.754. The van der Waals surface area contributed by atoms with Gasteiger partial charge in [-0.2, -0.15) is 0 Å². The Labute approximate surface area is 131 Å². The summed E-state index contributed by atoms with van der Waals surface area (Å²) in [6.45, 7) is 4.00. The summed E-state index contributed by atoms with van der Waals surface area (Å²) in [4.78, 5) is 17.4. The highest BCUT2D eigenvalue weighted by atomic mass is 35.5. The Kier molecular flexibility index (Phi) is 4.69. The van der Waals surface area contributed by atoms with Gasteiger partial charge in [0.2, 0.25) is 0 Å². The van der Waals surface area contributed by atoms with Gasteiger partial charge in [0.15, 0.2) is 16.3 Å². The molecule has 0 bridgehead atoms. The molecule has 0 aliphatic carbocycles. The van der Waals surface area contributed by atoms with Crippen LogP contribution in [0.3, 0.4) is 0 Å². The van der Waals surface area contributed by atoms with E-state index in [0.717, 1.165) is 5.56 Å². The van der Waals surface area contributed by atoms with Gasteiger partial charge in [0.25, 0.3) is 5.56 Å². The highest BCUT2D eigenvalue weighted by Gasteiger charge is 2.12. The minimum Gasteiger partial charge on any atom is -0.503 e. The molecule has 2 rings (SSSR count).